The predicted octanol–water partition coefficient (Wildman–Crippen LogP) is 2.85. The van der Waals surface area contributed by atoms with Gasteiger partial charge in [0, 0.05) is 12.1 Å². The van der Waals surface area contributed by atoms with Gasteiger partial charge in [0.15, 0.2) is 0 Å². The fourth-order valence-electron chi connectivity index (χ4n) is 2.17. The molecule has 1 rings (SSSR count). The van der Waals surface area contributed by atoms with Crippen molar-refractivity contribution in [3.05, 3.63) is 0 Å². The summed E-state index contributed by atoms with van der Waals surface area (Å²) in [6.45, 7) is 7.20. The third kappa shape index (κ3) is 5.53. The summed E-state index contributed by atoms with van der Waals surface area (Å²) in [4.78, 5) is 0. The molecule has 0 amide bonds. The van der Waals surface area contributed by atoms with Gasteiger partial charge in [-0.1, -0.05) is 32.1 Å². The van der Waals surface area contributed by atoms with Gasteiger partial charge in [-0.3, -0.25) is 0 Å². The van der Waals surface area contributed by atoms with E-state index in [0.717, 1.165) is 19.4 Å². The number of β-amino-alcohol motifs (C(OH)–C–C–N with tert-alkyl or cyclic N) is 1. The van der Waals surface area contributed by atoms with E-state index < -0.39 is 5.60 Å². The Balaban J connectivity index is 2.40. The largest absolute Gasteiger partial charge is 0.389 e. The molecule has 2 N–H and O–H groups in total. The van der Waals surface area contributed by atoms with E-state index in [1.165, 1.54) is 32.1 Å². The third-order valence-corrected chi connectivity index (χ3v) is 3.23. The van der Waals surface area contributed by atoms with Crippen LogP contribution in [0.1, 0.15) is 65.7 Å². The van der Waals surface area contributed by atoms with Crippen LogP contribution in [0.2, 0.25) is 0 Å². The third-order valence-electron chi connectivity index (χ3n) is 3.23. The monoisotopic (exact) mass is 213 g/mol. The van der Waals surface area contributed by atoms with E-state index in [-0.39, 0.29) is 5.54 Å². The molecule has 1 aliphatic rings. The minimum atomic E-state index is -0.451. The molecule has 0 aromatic rings. The van der Waals surface area contributed by atoms with Crippen LogP contribution >= 0.6 is 0 Å². The molecule has 2 nitrogen and oxygen atoms in total. The van der Waals surface area contributed by atoms with E-state index in [9.17, 15) is 5.11 Å². The summed E-state index contributed by atoms with van der Waals surface area (Å²) < 4.78 is 0. The zero-order valence-corrected chi connectivity index (χ0v) is 10.6. The van der Waals surface area contributed by atoms with Gasteiger partial charge in [0.25, 0.3) is 0 Å². The lowest BCUT2D eigenvalue weighted by atomic mass is 9.86. The molecule has 15 heavy (non-hydrogen) atoms. The Bertz CT molecular complexity index is 175. The standard InChI is InChI=1S/C13H27NO/c1-12(2,3)14-11-13(15)9-7-5-4-6-8-10-13/h14-15H,4-11H2,1-3H3. The molecule has 0 aromatic carbocycles. The van der Waals surface area contributed by atoms with Crippen molar-refractivity contribution in [1.82, 2.24) is 5.32 Å². The first-order valence-electron chi connectivity index (χ1n) is 6.39. The van der Waals surface area contributed by atoms with Crippen LogP contribution in [0.15, 0.2) is 0 Å². The summed E-state index contributed by atoms with van der Waals surface area (Å²) in [6, 6.07) is 0. The van der Waals surface area contributed by atoms with Gasteiger partial charge in [-0.2, -0.15) is 0 Å². The van der Waals surface area contributed by atoms with E-state index >= 15 is 0 Å². The van der Waals surface area contributed by atoms with Crippen molar-refractivity contribution in [2.45, 2.75) is 76.9 Å². The average molecular weight is 213 g/mol. The first-order valence-corrected chi connectivity index (χ1v) is 6.39. The van der Waals surface area contributed by atoms with Crippen LogP contribution in [0.3, 0.4) is 0 Å². The lowest BCUT2D eigenvalue weighted by Gasteiger charge is -2.33. The highest BCUT2D eigenvalue weighted by Gasteiger charge is 2.28. The van der Waals surface area contributed by atoms with Crippen molar-refractivity contribution in [2.75, 3.05) is 6.54 Å². The lowest BCUT2D eigenvalue weighted by molar-refractivity contribution is 0.00958. The maximum Gasteiger partial charge on any atom is 0.0771 e. The van der Waals surface area contributed by atoms with Crippen LogP contribution in [-0.4, -0.2) is 22.8 Å². The molecule has 0 saturated heterocycles. The Morgan fingerprint density at radius 3 is 1.93 bits per heavy atom. The van der Waals surface area contributed by atoms with Crippen LogP contribution < -0.4 is 5.32 Å². The molecule has 1 fully saturated rings. The SMILES string of the molecule is CC(C)(C)NCC1(O)CCCCCCC1. The fourth-order valence-corrected chi connectivity index (χ4v) is 2.17. The van der Waals surface area contributed by atoms with Gasteiger partial charge >= 0.3 is 0 Å². The lowest BCUT2D eigenvalue weighted by Crippen LogP contribution is -2.48. The predicted molar refractivity (Wildman–Crippen MR) is 65.0 cm³/mol. The van der Waals surface area contributed by atoms with Crippen LogP contribution in [0.25, 0.3) is 0 Å². The van der Waals surface area contributed by atoms with Crippen molar-refractivity contribution in [3.63, 3.8) is 0 Å². The molecule has 1 aliphatic carbocycles. The van der Waals surface area contributed by atoms with E-state index in [1.54, 1.807) is 0 Å². The van der Waals surface area contributed by atoms with Crippen LogP contribution in [0.5, 0.6) is 0 Å². The molecule has 0 aromatic heterocycles. The van der Waals surface area contributed by atoms with Gasteiger partial charge in [0.2, 0.25) is 0 Å². The van der Waals surface area contributed by atoms with Gasteiger partial charge in [-0.25, -0.2) is 0 Å². The summed E-state index contributed by atoms with van der Waals surface area (Å²) >= 11 is 0. The molecule has 1 saturated carbocycles. The molecule has 2 heteroatoms. The molecule has 0 atom stereocenters. The van der Waals surface area contributed by atoms with E-state index in [2.05, 4.69) is 26.1 Å². The maximum absolute atomic E-state index is 10.5. The number of rotatable bonds is 2. The zero-order chi connectivity index (χ0) is 11.4. The normalized spacial score (nSPS) is 23.2. The second-order valence-corrected chi connectivity index (χ2v) is 6.10. The number of hydrogen-bond donors (Lipinski definition) is 2. The van der Waals surface area contributed by atoms with Crippen molar-refractivity contribution in [2.24, 2.45) is 0 Å². The van der Waals surface area contributed by atoms with Gasteiger partial charge in [0.05, 0.1) is 5.60 Å². The maximum atomic E-state index is 10.5. The van der Waals surface area contributed by atoms with E-state index in [0.29, 0.717) is 0 Å². The van der Waals surface area contributed by atoms with Crippen molar-refractivity contribution < 1.29 is 5.11 Å². The second kappa shape index (κ2) is 5.31. The summed E-state index contributed by atoms with van der Waals surface area (Å²) in [7, 11) is 0. The second-order valence-electron chi connectivity index (χ2n) is 6.10. The molecular weight excluding hydrogens is 186 g/mol. The van der Waals surface area contributed by atoms with Crippen molar-refractivity contribution in [3.8, 4) is 0 Å². The number of aliphatic hydroxyl groups is 1. The van der Waals surface area contributed by atoms with Crippen LogP contribution in [0.4, 0.5) is 0 Å². The summed E-state index contributed by atoms with van der Waals surface area (Å²) in [5.74, 6) is 0. The Kier molecular flexibility index (Phi) is 4.60. The first kappa shape index (κ1) is 13.0. The Labute approximate surface area is 94.5 Å². The fraction of sp³-hybridized carbons (Fsp3) is 1.00. The Morgan fingerprint density at radius 1 is 1.00 bits per heavy atom. The molecule has 0 heterocycles. The van der Waals surface area contributed by atoms with Gasteiger partial charge in [-0.15, -0.1) is 0 Å². The highest BCUT2D eigenvalue weighted by Crippen LogP contribution is 2.26. The van der Waals surface area contributed by atoms with Crippen LogP contribution in [0, 0.1) is 0 Å². The number of nitrogens with one attached hydrogen (secondary N) is 1. The molecular formula is C13H27NO. The molecule has 0 unspecified atom stereocenters. The summed E-state index contributed by atoms with van der Waals surface area (Å²) in [5.41, 5.74) is -0.341. The van der Waals surface area contributed by atoms with E-state index in [1.807, 2.05) is 0 Å². The minimum Gasteiger partial charge on any atom is -0.389 e. The topological polar surface area (TPSA) is 32.3 Å². The van der Waals surface area contributed by atoms with E-state index in [4.69, 9.17) is 0 Å². The Hall–Kier alpha value is -0.0800. The van der Waals surface area contributed by atoms with Gasteiger partial charge in [-0.05, 0) is 33.6 Å². The highest BCUT2D eigenvalue weighted by atomic mass is 16.3. The highest BCUT2D eigenvalue weighted by molar-refractivity contribution is 4.85. The van der Waals surface area contributed by atoms with Crippen LogP contribution in [-0.2, 0) is 0 Å². The zero-order valence-electron chi connectivity index (χ0n) is 10.6. The van der Waals surface area contributed by atoms with Crippen molar-refractivity contribution >= 4 is 0 Å². The smallest absolute Gasteiger partial charge is 0.0771 e. The number of hydrogen-bond acceptors (Lipinski definition) is 2. The quantitative estimate of drug-likeness (QED) is 0.739. The average Bonchev–Trinajstić information content (AvgIpc) is 2.08. The first-order chi connectivity index (χ1) is 6.91. The molecule has 0 spiro atoms. The molecule has 0 bridgehead atoms. The Morgan fingerprint density at radius 2 is 1.47 bits per heavy atom. The molecule has 0 radical (unpaired) electrons. The summed E-state index contributed by atoms with van der Waals surface area (Å²) in [6.07, 6.45) is 8.23. The van der Waals surface area contributed by atoms with Gasteiger partial charge < -0.3 is 10.4 Å². The molecule has 90 valence electrons. The van der Waals surface area contributed by atoms with Gasteiger partial charge in [0.1, 0.15) is 0 Å². The minimum absolute atomic E-state index is 0.109. The summed E-state index contributed by atoms with van der Waals surface area (Å²) in [5, 5.41) is 13.9. The van der Waals surface area contributed by atoms with Crippen molar-refractivity contribution in [1.29, 1.82) is 0 Å². The molecule has 0 aliphatic heterocycles.